The predicted molar refractivity (Wildman–Crippen MR) is 122 cm³/mol. The van der Waals surface area contributed by atoms with Crippen molar-refractivity contribution in [3.63, 3.8) is 0 Å². The van der Waals surface area contributed by atoms with Crippen molar-refractivity contribution < 1.29 is 23.9 Å². The number of benzene rings is 2. The van der Waals surface area contributed by atoms with Gasteiger partial charge in [-0.25, -0.2) is 4.79 Å². The number of carbonyl (C=O) groups excluding carboxylic acids is 3. The molecule has 8 heteroatoms. The number of rotatable bonds is 6. The first-order valence-corrected chi connectivity index (χ1v) is 10.8. The van der Waals surface area contributed by atoms with E-state index in [1.165, 1.54) is 6.08 Å². The number of nitrogens with zero attached hydrogens (tertiary/aromatic N) is 1. The second-order valence-corrected chi connectivity index (χ2v) is 7.71. The Hall–Kier alpha value is -3.32. The minimum Gasteiger partial charge on any atom is -0.434 e. The Balaban J connectivity index is 1.46. The van der Waals surface area contributed by atoms with E-state index in [1.807, 2.05) is 12.1 Å². The van der Waals surface area contributed by atoms with Crippen LogP contribution in [0.2, 0.25) is 5.02 Å². The second kappa shape index (κ2) is 11.3. The molecule has 1 N–H and O–H groups in total. The van der Waals surface area contributed by atoms with Crippen molar-refractivity contribution >= 4 is 35.6 Å². The van der Waals surface area contributed by atoms with Crippen LogP contribution in [0.3, 0.4) is 0 Å². The fraction of sp³-hybridized carbons (Fsp3) is 0.292. The summed E-state index contributed by atoms with van der Waals surface area (Å²) in [5, 5.41) is 3.60. The maximum absolute atomic E-state index is 12.7. The molecule has 3 rings (SSSR count). The van der Waals surface area contributed by atoms with Gasteiger partial charge < -0.3 is 19.7 Å². The molecule has 0 aliphatic carbocycles. The molecule has 0 spiro atoms. The molecule has 2 aromatic rings. The molecule has 2 amide bonds. The topological polar surface area (TPSA) is 84.9 Å². The fourth-order valence-corrected chi connectivity index (χ4v) is 3.55. The van der Waals surface area contributed by atoms with Crippen molar-refractivity contribution in [2.45, 2.75) is 25.8 Å². The third-order valence-corrected chi connectivity index (χ3v) is 5.20. The smallest absolute Gasteiger partial charge is 0.434 e. The number of halogens is 1. The van der Waals surface area contributed by atoms with Crippen LogP contribution in [0, 0.1) is 0 Å². The molecule has 0 atom stereocenters. The summed E-state index contributed by atoms with van der Waals surface area (Å²) in [5.74, 6) is 0.0394. The van der Waals surface area contributed by atoms with Crippen LogP contribution in [0.15, 0.2) is 54.6 Å². The van der Waals surface area contributed by atoms with Gasteiger partial charge in [0.15, 0.2) is 0 Å². The van der Waals surface area contributed by atoms with Gasteiger partial charge in [-0.2, -0.15) is 0 Å². The Morgan fingerprint density at radius 3 is 2.50 bits per heavy atom. The van der Waals surface area contributed by atoms with Crippen molar-refractivity contribution in [1.29, 1.82) is 0 Å². The second-order valence-electron chi connectivity index (χ2n) is 7.27. The zero-order chi connectivity index (χ0) is 22.9. The average Bonchev–Trinajstić information content (AvgIpc) is 2.78. The van der Waals surface area contributed by atoms with Crippen LogP contribution in [0.5, 0.6) is 5.75 Å². The van der Waals surface area contributed by atoms with Crippen molar-refractivity contribution in [3.8, 4) is 5.75 Å². The Bertz CT molecular complexity index is 982. The number of hydrogen-bond acceptors (Lipinski definition) is 5. The van der Waals surface area contributed by atoms with E-state index in [-0.39, 0.29) is 24.5 Å². The summed E-state index contributed by atoms with van der Waals surface area (Å²) in [6, 6.07) is 13.6. The highest BCUT2D eigenvalue weighted by molar-refractivity contribution is 6.30. The summed E-state index contributed by atoms with van der Waals surface area (Å²) >= 11 is 5.95. The first-order chi connectivity index (χ1) is 15.4. The minimum absolute atomic E-state index is 0.0101. The molecule has 0 saturated carbocycles. The molecule has 1 saturated heterocycles. The fourth-order valence-electron chi connectivity index (χ4n) is 3.35. The molecular weight excluding hydrogens is 432 g/mol. The first kappa shape index (κ1) is 23.3. The van der Waals surface area contributed by atoms with Crippen molar-refractivity contribution in [2.75, 3.05) is 19.7 Å². The molecule has 32 heavy (non-hydrogen) atoms. The van der Waals surface area contributed by atoms with Crippen LogP contribution in [0.25, 0.3) is 6.08 Å². The van der Waals surface area contributed by atoms with E-state index < -0.39 is 6.16 Å². The molecule has 0 aromatic heterocycles. The SMILES string of the molecule is CCOC(=O)Oc1ccc(C(=O)N2CCC(NC(=O)/C=C/c3cccc(Cl)c3)CC2)cc1. The van der Waals surface area contributed by atoms with Crippen LogP contribution in [-0.2, 0) is 9.53 Å². The van der Waals surface area contributed by atoms with Crippen molar-refractivity contribution in [1.82, 2.24) is 10.2 Å². The van der Waals surface area contributed by atoms with E-state index in [0.717, 1.165) is 5.56 Å². The quantitative estimate of drug-likeness (QED) is 0.397. The van der Waals surface area contributed by atoms with Gasteiger partial charge in [0, 0.05) is 35.8 Å². The van der Waals surface area contributed by atoms with E-state index in [1.54, 1.807) is 54.3 Å². The Labute approximate surface area is 191 Å². The summed E-state index contributed by atoms with van der Waals surface area (Å²) < 4.78 is 9.72. The van der Waals surface area contributed by atoms with Crippen LogP contribution >= 0.6 is 11.6 Å². The number of carbonyl (C=O) groups is 3. The summed E-state index contributed by atoms with van der Waals surface area (Å²) in [4.78, 5) is 38.0. The zero-order valence-electron chi connectivity index (χ0n) is 17.8. The molecule has 1 aliphatic rings. The van der Waals surface area contributed by atoms with Gasteiger partial charge in [0.05, 0.1) is 6.61 Å². The number of amides is 2. The van der Waals surface area contributed by atoms with Gasteiger partial charge in [-0.05, 0) is 67.8 Å². The van der Waals surface area contributed by atoms with Crippen molar-refractivity contribution in [2.24, 2.45) is 0 Å². The van der Waals surface area contributed by atoms with Gasteiger partial charge in [0.25, 0.3) is 5.91 Å². The third-order valence-electron chi connectivity index (χ3n) is 4.97. The van der Waals surface area contributed by atoms with Crippen LogP contribution in [0.1, 0.15) is 35.7 Å². The minimum atomic E-state index is -0.780. The first-order valence-electron chi connectivity index (χ1n) is 10.4. The van der Waals surface area contributed by atoms with Crippen LogP contribution < -0.4 is 10.1 Å². The van der Waals surface area contributed by atoms with E-state index in [4.69, 9.17) is 21.1 Å². The number of likely N-dealkylation sites (tertiary alicyclic amines) is 1. The summed E-state index contributed by atoms with van der Waals surface area (Å²) in [6.45, 7) is 3.01. The Morgan fingerprint density at radius 2 is 1.84 bits per heavy atom. The number of piperidine rings is 1. The molecular formula is C24H25ClN2O5. The average molecular weight is 457 g/mol. The van der Waals surface area contributed by atoms with Gasteiger partial charge in [-0.1, -0.05) is 23.7 Å². The summed E-state index contributed by atoms with van der Waals surface area (Å²) in [7, 11) is 0. The molecule has 1 heterocycles. The van der Waals surface area contributed by atoms with Gasteiger partial charge >= 0.3 is 6.16 Å². The van der Waals surface area contributed by atoms with Gasteiger partial charge in [-0.15, -0.1) is 0 Å². The summed E-state index contributed by atoms with van der Waals surface area (Å²) in [6.07, 6.45) is 3.77. The molecule has 0 bridgehead atoms. The Morgan fingerprint density at radius 1 is 1.12 bits per heavy atom. The third kappa shape index (κ3) is 6.85. The molecule has 7 nitrogen and oxygen atoms in total. The highest BCUT2D eigenvalue weighted by Gasteiger charge is 2.24. The molecule has 168 valence electrons. The zero-order valence-corrected chi connectivity index (χ0v) is 18.5. The van der Waals surface area contributed by atoms with Crippen LogP contribution in [0.4, 0.5) is 4.79 Å². The predicted octanol–water partition coefficient (Wildman–Crippen LogP) is 4.31. The molecule has 2 aromatic carbocycles. The molecule has 1 fully saturated rings. The van der Waals surface area contributed by atoms with Crippen LogP contribution in [-0.4, -0.2) is 48.6 Å². The van der Waals surface area contributed by atoms with Crippen molar-refractivity contribution in [3.05, 3.63) is 70.8 Å². The molecule has 1 aliphatic heterocycles. The Kier molecular flexibility index (Phi) is 8.27. The van der Waals surface area contributed by atoms with Gasteiger partial charge in [0.2, 0.25) is 5.91 Å². The van der Waals surface area contributed by atoms with Gasteiger partial charge in [-0.3, -0.25) is 9.59 Å². The number of nitrogens with one attached hydrogen (secondary N) is 1. The van der Waals surface area contributed by atoms with E-state index >= 15 is 0 Å². The molecule has 0 unspecified atom stereocenters. The van der Waals surface area contributed by atoms with E-state index in [9.17, 15) is 14.4 Å². The lowest BCUT2D eigenvalue weighted by atomic mass is 10.0. The molecule has 0 radical (unpaired) electrons. The number of hydrogen-bond donors (Lipinski definition) is 1. The highest BCUT2D eigenvalue weighted by Crippen LogP contribution is 2.18. The lowest BCUT2D eigenvalue weighted by Gasteiger charge is -2.32. The van der Waals surface area contributed by atoms with E-state index in [2.05, 4.69) is 5.32 Å². The van der Waals surface area contributed by atoms with Gasteiger partial charge in [0.1, 0.15) is 5.75 Å². The monoisotopic (exact) mass is 456 g/mol. The standard InChI is InChI=1S/C24H25ClN2O5/c1-2-31-24(30)32-21-9-7-18(8-10-21)23(29)27-14-12-20(13-15-27)26-22(28)11-6-17-4-3-5-19(25)16-17/h3-11,16,20H,2,12-15H2,1H3,(H,26,28)/b11-6+. The maximum atomic E-state index is 12.7. The lowest BCUT2D eigenvalue weighted by Crippen LogP contribution is -2.46. The van der Waals surface area contributed by atoms with E-state index in [0.29, 0.717) is 42.3 Å². The number of ether oxygens (including phenoxy) is 2. The maximum Gasteiger partial charge on any atom is 0.513 e. The summed E-state index contributed by atoms with van der Waals surface area (Å²) in [5.41, 5.74) is 1.36. The lowest BCUT2D eigenvalue weighted by molar-refractivity contribution is -0.117. The largest absolute Gasteiger partial charge is 0.513 e. The normalized spacial score (nSPS) is 14.2. The highest BCUT2D eigenvalue weighted by atomic mass is 35.5.